The van der Waals surface area contributed by atoms with Crippen molar-refractivity contribution in [1.82, 2.24) is 14.7 Å². The number of primary amides is 1. The van der Waals surface area contributed by atoms with E-state index in [-0.39, 0.29) is 17.6 Å². The van der Waals surface area contributed by atoms with Gasteiger partial charge in [0, 0.05) is 13.6 Å². The molecular weight excluding hydrogens is 296 g/mol. The molecule has 1 saturated heterocycles. The zero-order valence-electron chi connectivity index (χ0n) is 14.1. The van der Waals surface area contributed by atoms with Gasteiger partial charge in [-0.2, -0.15) is 5.10 Å². The Hall–Kier alpha value is -2.05. The Labute approximate surface area is 135 Å². The summed E-state index contributed by atoms with van der Waals surface area (Å²) in [6, 6.07) is 1.53. The average Bonchev–Trinajstić information content (AvgIpc) is 2.86. The van der Waals surface area contributed by atoms with Crippen LogP contribution in [0.4, 0.5) is 4.79 Å². The third-order valence-electron chi connectivity index (χ3n) is 4.59. The largest absolute Gasteiger partial charge is 0.444 e. The van der Waals surface area contributed by atoms with E-state index in [4.69, 9.17) is 10.5 Å². The van der Waals surface area contributed by atoms with Crippen molar-refractivity contribution in [3.8, 4) is 0 Å². The van der Waals surface area contributed by atoms with Crippen LogP contribution in [0, 0.1) is 5.41 Å². The Morgan fingerprint density at radius 2 is 2.04 bits per heavy atom. The van der Waals surface area contributed by atoms with Crippen molar-refractivity contribution in [2.75, 3.05) is 6.54 Å². The van der Waals surface area contributed by atoms with Gasteiger partial charge in [-0.3, -0.25) is 14.4 Å². The van der Waals surface area contributed by atoms with E-state index in [0.29, 0.717) is 17.9 Å². The van der Waals surface area contributed by atoms with Crippen molar-refractivity contribution in [1.29, 1.82) is 0 Å². The van der Waals surface area contributed by atoms with E-state index >= 15 is 0 Å². The Morgan fingerprint density at radius 3 is 2.52 bits per heavy atom. The third-order valence-corrected chi connectivity index (χ3v) is 4.59. The van der Waals surface area contributed by atoms with Gasteiger partial charge >= 0.3 is 6.09 Å². The summed E-state index contributed by atoms with van der Waals surface area (Å²) in [6.45, 7) is 6.26. The van der Waals surface area contributed by atoms with Gasteiger partial charge < -0.3 is 10.5 Å². The summed E-state index contributed by atoms with van der Waals surface area (Å²) in [5.41, 5.74) is 6.08. The van der Waals surface area contributed by atoms with Crippen LogP contribution in [0.3, 0.4) is 0 Å². The molecule has 0 radical (unpaired) electrons. The summed E-state index contributed by atoms with van der Waals surface area (Å²) >= 11 is 0. The Kier molecular flexibility index (Phi) is 3.42. The van der Waals surface area contributed by atoms with Crippen molar-refractivity contribution in [3.05, 3.63) is 17.5 Å². The number of hydrogen-bond acceptors (Lipinski definition) is 4. The maximum Gasteiger partial charge on any atom is 0.410 e. The fraction of sp³-hybridized carbons (Fsp3) is 0.688. The standard InChI is InChI=1S/C16H24N4O3/c1-15(2,3)23-14(22)20-9-16(5-6-16)8-12(20)10-7-11(13(17)21)19(4)18-10/h7,12H,5-6,8-9H2,1-4H3,(H2,17,21)/t12-/m0/s1. The Balaban J connectivity index is 1.88. The number of aryl methyl sites for hydroxylation is 1. The summed E-state index contributed by atoms with van der Waals surface area (Å²) in [4.78, 5) is 25.8. The molecule has 0 unspecified atom stereocenters. The molecular formula is C16H24N4O3. The summed E-state index contributed by atoms with van der Waals surface area (Å²) in [6.07, 6.45) is 2.79. The number of carbonyl (C=O) groups is 2. The van der Waals surface area contributed by atoms with Crippen molar-refractivity contribution in [2.45, 2.75) is 51.7 Å². The fourth-order valence-corrected chi connectivity index (χ4v) is 3.25. The number of hydrogen-bond donors (Lipinski definition) is 1. The van der Waals surface area contributed by atoms with Crippen LogP contribution < -0.4 is 5.73 Å². The second-order valence-corrected chi connectivity index (χ2v) is 7.77. The van der Waals surface area contributed by atoms with E-state index in [9.17, 15) is 9.59 Å². The number of nitrogens with two attached hydrogens (primary N) is 1. The lowest BCUT2D eigenvalue weighted by Crippen LogP contribution is -2.37. The summed E-state index contributed by atoms with van der Waals surface area (Å²) in [5, 5.41) is 4.40. The van der Waals surface area contributed by atoms with E-state index in [2.05, 4.69) is 5.10 Å². The number of likely N-dealkylation sites (tertiary alicyclic amines) is 1. The van der Waals surface area contributed by atoms with E-state index in [1.54, 1.807) is 18.0 Å². The molecule has 1 aromatic rings. The van der Waals surface area contributed by atoms with Crippen LogP contribution in [-0.4, -0.2) is 38.8 Å². The molecule has 1 spiro atoms. The number of ether oxygens (including phenoxy) is 1. The van der Waals surface area contributed by atoms with E-state index in [1.165, 1.54) is 4.68 Å². The lowest BCUT2D eigenvalue weighted by molar-refractivity contribution is 0.0214. The fourth-order valence-electron chi connectivity index (χ4n) is 3.25. The van der Waals surface area contributed by atoms with Crippen LogP contribution in [0.5, 0.6) is 0 Å². The lowest BCUT2D eigenvalue weighted by Gasteiger charge is -2.27. The molecule has 2 N–H and O–H groups in total. The van der Waals surface area contributed by atoms with E-state index in [1.807, 2.05) is 20.8 Å². The summed E-state index contributed by atoms with van der Waals surface area (Å²) < 4.78 is 7.01. The molecule has 126 valence electrons. The minimum absolute atomic E-state index is 0.161. The molecule has 2 fully saturated rings. The van der Waals surface area contributed by atoms with Crippen LogP contribution in [0.25, 0.3) is 0 Å². The number of carbonyl (C=O) groups excluding carboxylic acids is 2. The Bertz CT molecular complexity index is 655. The van der Waals surface area contributed by atoms with Gasteiger partial charge in [-0.25, -0.2) is 4.79 Å². The van der Waals surface area contributed by atoms with Crippen LogP contribution in [0.2, 0.25) is 0 Å². The van der Waals surface area contributed by atoms with E-state index < -0.39 is 11.5 Å². The van der Waals surface area contributed by atoms with Gasteiger partial charge in [0.1, 0.15) is 11.3 Å². The predicted molar refractivity (Wildman–Crippen MR) is 83.7 cm³/mol. The SMILES string of the molecule is Cn1nc([C@@H]2CC3(CC3)CN2C(=O)OC(C)(C)C)cc1C(N)=O. The van der Waals surface area contributed by atoms with Gasteiger partial charge in [0.05, 0.1) is 11.7 Å². The van der Waals surface area contributed by atoms with Gasteiger partial charge in [0.2, 0.25) is 0 Å². The van der Waals surface area contributed by atoms with Crippen LogP contribution in [-0.2, 0) is 11.8 Å². The molecule has 0 aromatic carbocycles. The van der Waals surface area contributed by atoms with Gasteiger partial charge in [0.15, 0.2) is 0 Å². The topological polar surface area (TPSA) is 90.4 Å². The molecule has 7 nitrogen and oxygen atoms in total. The maximum atomic E-state index is 12.6. The highest BCUT2D eigenvalue weighted by molar-refractivity contribution is 5.91. The lowest BCUT2D eigenvalue weighted by atomic mass is 10.0. The van der Waals surface area contributed by atoms with Gasteiger partial charge in [-0.05, 0) is 51.5 Å². The first-order valence-corrected chi connectivity index (χ1v) is 7.94. The molecule has 1 saturated carbocycles. The first kappa shape index (κ1) is 15.8. The second kappa shape index (κ2) is 4.97. The molecule has 1 aliphatic carbocycles. The molecule has 2 amide bonds. The highest BCUT2D eigenvalue weighted by atomic mass is 16.6. The third kappa shape index (κ3) is 3.04. The van der Waals surface area contributed by atoms with Crippen LogP contribution in [0.15, 0.2) is 6.07 Å². The second-order valence-electron chi connectivity index (χ2n) is 7.77. The smallest absolute Gasteiger partial charge is 0.410 e. The highest BCUT2D eigenvalue weighted by Gasteiger charge is 2.55. The first-order valence-electron chi connectivity index (χ1n) is 7.94. The molecule has 2 aliphatic rings. The quantitative estimate of drug-likeness (QED) is 0.902. The number of rotatable bonds is 2. The normalized spacial score (nSPS) is 22.4. The minimum Gasteiger partial charge on any atom is -0.444 e. The van der Waals surface area contributed by atoms with Crippen molar-refractivity contribution in [3.63, 3.8) is 0 Å². The molecule has 0 bridgehead atoms. The van der Waals surface area contributed by atoms with Gasteiger partial charge in [0.25, 0.3) is 5.91 Å². The molecule has 3 rings (SSSR count). The number of aromatic nitrogens is 2. The highest BCUT2D eigenvalue weighted by Crippen LogP contribution is 2.58. The maximum absolute atomic E-state index is 12.6. The first-order chi connectivity index (χ1) is 10.6. The summed E-state index contributed by atoms with van der Waals surface area (Å²) in [7, 11) is 1.68. The summed E-state index contributed by atoms with van der Waals surface area (Å²) in [5.74, 6) is -0.519. The zero-order chi connectivity index (χ0) is 17.0. The van der Waals surface area contributed by atoms with Gasteiger partial charge in [-0.15, -0.1) is 0 Å². The molecule has 1 atom stereocenters. The predicted octanol–water partition coefficient (Wildman–Crippen LogP) is 1.98. The van der Waals surface area contributed by atoms with Crippen LogP contribution in [0.1, 0.15) is 62.3 Å². The monoisotopic (exact) mass is 320 g/mol. The molecule has 1 aliphatic heterocycles. The molecule has 7 heteroatoms. The number of amides is 2. The molecule has 1 aromatic heterocycles. The molecule has 2 heterocycles. The van der Waals surface area contributed by atoms with Crippen molar-refractivity contribution in [2.24, 2.45) is 18.2 Å². The zero-order valence-corrected chi connectivity index (χ0v) is 14.1. The van der Waals surface area contributed by atoms with Crippen molar-refractivity contribution >= 4 is 12.0 Å². The molecule has 23 heavy (non-hydrogen) atoms. The van der Waals surface area contributed by atoms with Crippen LogP contribution >= 0.6 is 0 Å². The van der Waals surface area contributed by atoms with Crippen molar-refractivity contribution < 1.29 is 14.3 Å². The Morgan fingerprint density at radius 1 is 1.39 bits per heavy atom. The number of nitrogens with zero attached hydrogens (tertiary/aromatic N) is 3. The average molecular weight is 320 g/mol. The minimum atomic E-state index is -0.538. The van der Waals surface area contributed by atoms with E-state index in [0.717, 1.165) is 19.3 Å². The van der Waals surface area contributed by atoms with Gasteiger partial charge in [-0.1, -0.05) is 0 Å².